The largest absolute Gasteiger partial charge is 0.483 e. The predicted octanol–water partition coefficient (Wildman–Crippen LogP) is 4.19. The Balaban J connectivity index is 1.35. The number of hydrogen-bond donors (Lipinski definition) is 2. The molecule has 0 spiro atoms. The molecule has 0 aliphatic heterocycles. The molecule has 0 radical (unpaired) electrons. The van der Waals surface area contributed by atoms with Gasteiger partial charge in [-0.1, -0.05) is 66.7 Å². The highest BCUT2D eigenvalue weighted by molar-refractivity contribution is 5.97. The molecule has 31 heavy (non-hydrogen) atoms. The van der Waals surface area contributed by atoms with Gasteiger partial charge in [0, 0.05) is 6.54 Å². The molecule has 158 valence electrons. The molecule has 4 rings (SSSR count). The van der Waals surface area contributed by atoms with Crippen molar-refractivity contribution in [3.8, 4) is 5.75 Å². The van der Waals surface area contributed by atoms with E-state index >= 15 is 0 Å². The number of carbonyl (C=O) groups excluding carboxylic acids is 2. The van der Waals surface area contributed by atoms with Crippen LogP contribution in [0.25, 0.3) is 0 Å². The molecule has 3 aromatic carbocycles. The van der Waals surface area contributed by atoms with Gasteiger partial charge in [0.2, 0.25) is 0 Å². The van der Waals surface area contributed by atoms with Crippen molar-refractivity contribution in [1.82, 2.24) is 10.6 Å². The summed E-state index contributed by atoms with van der Waals surface area (Å²) in [5.41, 5.74) is 3.90. The molecule has 0 fully saturated rings. The van der Waals surface area contributed by atoms with E-state index in [1.54, 1.807) is 24.3 Å². The lowest BCUT2D eigenvalue weighted by molar-refractivity contribution is -0.124. The van der Waals surface area contributed by atoms with E-state index in [9.17, 15) is 9.59 Å². The Labute approximate surface area is 182 Å². The average Bonchev–Trinajstić information content (AvgIpc) is 2.82. The van der Waals surface area contributed by atoms with E-state index in [-0.39, 0.29) is 24.5 Å². The van der Waals surface area contributed by atoms with Gasteiger partial charge < -0.3 is 15.4 Å². The molecule has 5 nitrogen and oxygen atoms in total. The van der Waals surface area contributed by atoms with Crippen LogP contribution in [0, 0.1) is 0 Å². The number of hydrogen-bond acceptors (Lipinski definition) is 3. The predicted molar refractivity (Wildman–Crippen MR) is 120 cm³/mol. The van der Waals surface area contributed by atoms with Gasteiger partial charge in [0.15, 0.2) is 6.61 Å². The van der Waals surface area contributed by atoms with Gasteiger partial charge in [0.25, 0.3) is 11.8 Å². The molecule has 5 heteroatoms. The molecule has 0 saturated carbocycles. The summed E-state index contributed by atoms with van der Waals surface area (Å²) in [5, 5.41) is 5.98. The number of ether oxygens (including phenoxy) is 1. The highest BCUT2D eigenvalue weighted by Crippen LogP contribution is 2.29. The van der Waals surface area contributed by atoms with Crippen LogP contribution < -0.4 is 15.4 Å². The topological polar surface area (TPSA) is 67.4 Å². The summed E-state index contributed by atoms with van der Waals surface area (Å²) in [7, 11) is 0. The quantitative estimate of drug-likeness (QED) is 0.609. The van der Waals surface area contributed by atoms with Crippen LogP contribution in [0.4, 0.5) is 0 Å². The van der Waals surface area contributed by atoms with Crippen LogP contribution in [0.15, 0.2) is 78.9 Å². The van der Waals surface area contributed by atoms with Gasteiger partial charge in [-0.3, -0.25) is 9.59 Å². The summed E-state index contributed by atoms with van der Waals surface area (Å²) in [6.07, 6.45) is 3.01. The zero-order chi connectivity index (χ0) is 21.5. The minimum absolute atomic E-state index is 0.00506. The summed E-state index contributed by atoms with van der Waals surface area (Å²) in [6, 6.07) is 24.9. The maximum absolute atomic E-state index is 12.6. The first kappa shape index (κ1) is 20.7. The maximum Gasteiger partial charge on any atom is 0.258 e. The van der Waals surface area contributed by atoms with Crippen molar-refractivity contribution in [2.24, 2.45) is 0 Å². The van der Waals surface area contributed by atoms with Crippen LogP contribution in [0.5, 0.6) is 5.75 Å². The van der Waals surface area contributed by atoms with Gasteiger partial charge in [-0.15, -0.1) is 0 Å². The zero-order valence-electron chi connectivity index (χ0n) is 17.3. The van der Waals surface area contributed by atoms with Gasteiger partial charge in [-0.05, 0) is 48.1 Å². The van der Waals surface area contributed by atoms with Crippen LogP contribution in [0.2, 0.25) is 0 Å². The third kappa shape index (κ3) is 5.31. The summed E-state index contributed by atoms with van der Waals surface area (Å²) < 4.78 is 5.73. The number of aryl methyl sites for hydroxylation is 1. The van der Waals surface area contributed by atoms with Gasteiger partial charge in [-0.25, -0.2) is 0 Å². The number of fused-ring (bicyclic) bond motifs is 1. The molecule has 1 aliphatic carbocycles. The van der Waals surface area contributed by atoms with E-state index in [2.05, 4.69) is 22.8 Å². The molecule has 0 saturated heterocycles. The molecule has 0 heterocycles. The van der Waals surface area contributed by atoms with Gasteiger partial charge in [0.05, 0.1) is 11.6 Å². The number of nitrogens with one attached hydrogen (secondary N) is 2. The number of para-hydroxylation sites is 1. The van der Waals surface area contributed by atoms with E-state index < -0.39 is 0 Å². The third-order valence-corrected chi connectivity index (χ3v) is 5.49. The van der Waals surface area contributed by atoms with Crippen LogP contribution in [-0.4, -0.2) is 18.4 Å². The second-order valence-electron chi connectivity index (χ2n) is 7.66. The van der Waals surface area contributed by atoms with Crippen LogP contribution in [0.3, 0.4) is 0 Å². The van der Waals surface area contributed by atoms with Crippen molar-refractivity contribution in [3.63, 3.8) is 0 Å². The Bertz CT molecular complexity index is 1050. The van der Waals surface area contributed by atoms with Crippen molar-refractivity contribution >= 4 is 11.8 Å². The standard InChI is InChI=1S/C26H26N2O3/c29-25(28-23-15-8-12-20-11-4-5-13-21(20)23)18-31-24-16-7-6-14-22(24)26(30)27-17-19-9-2-1-3-10-19/h1-7,9-11,13-14,16,23H,8,12,15,17-18H2,(H,27,30)(H,28,29)/t23-/m0/s1. The van der Waals surface area contributed by atoms with Crippen molar-refractivity contribution in [1.29, 1.82) is 0 Å². The second-order valence-corrected chi connectivity index (χ2v) is 7.66. The molecule has 0 aromatic heterocycles. The number of rotatable bonds is 7. The highest BCUT2D eigenvalue weighted by atomic mass is 16.5. The van der Waals surface area contributed by atoms with E-state index in [0.29, 0.717) is 17.9 Å². The molecule has 2 amide bonds. The number of carbonyl (C=O) groups is 2. The summed E-state index contributed by atoms with van der Waals surface area (Å²) in [5.74, 6) is -0.0328. The summed E-state index contributed by atoms with van der Waals surface area (Å²) >= 11 is 0. The summed E-state index contributed by atoms with van der Waals surface area (Å²) in [4.78, 5) is 25.2. The van der Waals surface area contributed by atoms with Crippen LogP contribution >= 0.6 is 0 Å². The molecule has 2 N–H and O–H groups in total. The Morgan fingerprint density at radius 3 is 2.52 bits per heavy atom. The van der Waals surface area contributed by atoms with E-state index in [4.69, 9.17) is 4.74 Å². The van der Waals surface area contributed by atoms with Crippen molar-refractivity contribution in [2.75, 3.05) is 6.61 Å². The van der Waals surface area contributed by atoms with Crippen LogP contribution in [-0.2, 0) is 17.8 Å². The Hall–Kier alpha value is -3.60. The fourth-order valence-corrected chi connectivity index (χ4v) is 3.94. The van der Waals surface area contributed by atoms with Crippen LogP contribution in [0.1, 0.15) is 45.9 Å². The van der Waals surface area contributed by atoms with Gasteiger partial charge in [-0.2, -0.15) is 0 Å². The Morgan fingerprint density at radius 2 is 1.65 bits per heavy atom. The molecular weight excluding hydrogens is 388 g/mol. The zero-order valence-corrected chi connectivity index (χ0v) is 17.3. The number of amides is 2. The average molecular weight is 415 g/mol. The SMILES string of the molecule is O=C(COc1ccccc1C(=O)NCc1ccccc1)N[C@H]1CCCc2ccccc21. The number of benzene rings is 3. The van der Waals surface area contributed by atoms with E-state index in [1.807, 2.05) is 42.5 Å². The second kappa shape index (κ2) is 9.94. The minimum Gasteiger partial charge on any atom is -0.483 e. The smallest absolute Gasteiger partial charge is 0.258 e. The molecule has 0 bridgehead atoms. The van der Waals surface area contributed by atoms with Gasteiger partial charge in [0.1, 0.15) is 5.75 Å². The summed E-state index contributed by atoms with van der Waals surface area (Å²) in [6.45, 7) is 0.289. The molecular formula is C26H26N2O3. The molecule has 0 unspecified atom stereocenters. The third-order valence-electron chi connectivity index (χ3n) is 5.49. The lowest BCUT2D eigenvalue weighted by Crippen LogP contribution is -2.34. The lowest BCUT2D eigenvalue weighted by Gasteiger charge is -2.26. The minimum atomic E-state index is -0.235. The fourth-order valence-electron chi connectivity index (χ4n) is 3.94. The fraction of sp³-hybridized carbons (Fsp3) is 0.231. The normalized spacial score (nSPS) is 14.9. The first-order valence-electron chi connectivity index (χ1n) is 10.6. The molecule has 1 aliphatic rings. The van der Waals surface area contributed by atoms with Crippen molar-refractivity contribution in [2.45, 2.75) is 31.8 Å². The lowest BCUT2D eigenvalue weighted by atomic mass is 9.88. The van der Waals surface area contributed by atoms with E-state index in [1.165, 1.54) is 11.1 Å². The molecule has 1 atom stereocenters. The first-order chi connectivity index (χ1) is 15.2. The van der Waals surface area contributed by atoms with Crippen molar-refractivity contribution in [3.05, 3.63) is 101 Å². The first-order valence-corrected chi connectivity index (χ1v) is 10.6. The van der Waals surface area contributed by atoms with E-state index in [0.717, 1.165) is 24.8 Å². The highest BCUT2D eigenvalue weighted by Gasteiger charge is 2.22. The van der Waals surface area contributed by atoms with Crippen molar-refractivity contribution < 1.29 is 14.3 Å². The monoisotopic (exact) mass is 414 g/mol. The Morgan fingerprint density at radius 1 is 0.903 bits per heavy atom. The maximum atomic E-state index is 12.6. The van der Waals surface area contributed by atoms with Gasteiger partial charge >= 0.3 is 0 Å². The molecule has 3 aromatic rings. The Kier molecular flexibility index (Phi) is 6.62.